The van der Waals surface area contributed by atoms with E-state index in [0.717, 1.165) is 6.42 Å². The van der Waals surface area contributed by atoms with Crippen LogP contribution < -0.4 is 5.73 Å². The van der Waals surface area contributed by atoms with Gasteiger partial charge >= 0.3 is 5.97 Å². The minimum absolute atomic E-state index is 0.0191. The molecule has 0 fully saturated rings. The fraction of sp³-hybridized carbons (Fsp3) is 0.667. The summed E-state index contributed by atoms with van der Waals surface area (Å²) >= 11 is 0. The molecule has 70 valence electrons. The third-order valence-corrected chi connectivity index (χ3v) is 1.95. The summed E-state index contributed by atoms with van der Waals surface area (Å²) in [6.07, 6.45) is 4.45. The van der Waals surface area contributed by atoms with Crippen LogP contribution in [0.4, 0.5) is 0 Å². The van der Waals surface area contributed by atoms with Crippen molar-refractivity contribution in [3.8, 4) is 0 Å². The first-order valence-corrected chi connectivity index (χ1v) is 4.22. The average Bonchev–Trinajstić information content (AvgIpc) is 2.02. The van der Waals surface area contributed by atoms with Gasteiger partial charge in [-0.05, 0) is 5.92 Å². The summed E-state index contributed by atoms with van der Waals surface area (Å²) in [7, 11) is 0. The lowest BCUT2D eigenvalue weighted by molar-refractivity contribution is -0.136. The summed E-state index contributed by atoms with van der Waals surface area (Å²) in [6.45, 7) is 4.12. The summed E-state index contributed by atoms with van der Waals surface area (Å²) < 4.78 is 0. The molecule has 0 amide bonds. The van der Waals surface area contributed by atoms with Gasteiger partial charge in [0.1, 0.15) is 0 Å². The molecule has 2 atom stereocenters. The number of carboxylic acid groups (broad SMARTS) is 1. The third kappa shape index (κ3) is 4.91. The van der Waals surface area contributed by atoms with Crippen molar-refractivity contribution in [2.45, 2.75) is 32.7 Å². The van der Waals surface area contributed by atoms with Gasteiger partial charge in [0.05, 0.1) is 6.42 Å². The summed E-state index contributed by atoms with van der Waals surface area (Å²) in [6, 6.07) is -0.0191. The van der Waals surface area contributed by atoms with Crippen LogP contribution in [-0.4, -0.2) is 17.1 Å². The van der Waals surface area contributed by atoms with Crippen LogP contribution >= 0.6 is 0 Å². The van der Waals surface area contributed by atoms with E-state index in [2.05, 4.69) is 13.8 Å². The first-order chi connectivity index (χ1) is 5.57. The molecule has 3 nitrogen and oxygen atoms in total. The van der Waals surface area contributed by atoms with E-state index < -0.39 is 5.97 Å². The predicted octanol–water partition coefficient (Wildman–Crippen LogP) is 1.39. The number of hydrogen-bond acceptors (Lipinski definition) is 2. The molecule has 0 spiro atoms. The van der Waals surface area contributed by atoms with Crippen molar-refractivity contribution in [2.24, 2.45) is 11.7 Å². The molecule has 3 heteroatoms. The second-order valence-electron chi connectivity index (χ2n) is 2.99. The lowest BCUT2D eigenvalue weighted by atomic mass is 10.00. The molecule has 0 aromatic heterocycles. The summed E-state index contributed by atoms with van der Waals surface area (Å²) in [5, 5.41) is 8.33. The molecule has 0 saturated heterocycles. The van der Waals surface area contributed by atoms with Crippen molar-refractivity contribution in [1.29, 1.82) is 0 Å². The normalized spacial score (nSPS) is 16.2. The van der Waals surface area contributed by atoms with E-state index in [1.54, 1.807) is 12.2 Å². The Hall–Kier alpha value is -0.830. The maximum absolute atomic E-state index is 10.1. The highest BCUT2D eigenvalue weighted by molar-refractivity contribution is 5.68. The van der Waals surface area contributed by atoms with Crippen molar-refractivity contribution < 1.29 is 9.90 Å². The molecular weight excluding hydrogens is 154 g/mol. The SMILES string of the molecule is CC[C@H](C)[C@H](N)/C=C\CC(=O)O. The van der Waals surface area contributed by atoms with Gasteiger partial charge in [0.25, 0.3) is 0 Å². The molecule has 3 N–H and O–H groups in total. The molecule has 0 bridgehead atoms. The highest BCUT2D eigenvalue weighted by Crippen LogP contribution is 2.06. The van der Waals surface area contributed by atoms with Gasteiger partial charge in [-0.1, -0.05) is 32.4 Å². The van der Waals surface area contributed by atoms with Gasteiger partial charge in [0, 0.05) is 6.04 Å². The topological polar surface area (TPSA) is 63.3 Å². The number of hydrogen-bond donors (Lipinski definition) is 2. The van der Waals surface area contributed by atoms with Crippen molar-refractivity contribution in [3.63, 3.8) is 0 Å². The molecule has 0 rings (SSSR count). The Morgan fingerprint density at radius 3 is 2.67 bits per heavy atom. The van der Waals surface area contributed by atoms with Crippen LogP contribution in [0.15, 0.2) is 12.2 Å². The molecule has 0 aromatic carbocycles. The lowest BCUT2D eigenvalue weighted by Gasteiger charge is -2.13. The molecule has 0 aliphatic heterocycles. The Balaban J connectivity index is 3.74. The average molecular weight is 171 g/mol. The van der Waals surface area contributed by atoms with Gasteiger partial charge in [-0.2, -0.15) is 0 Å². The van der Waals surface area contributed by atoms with E-state index in [1.807, 2.05) is 0 Å². The third-order valence-electron chi connectivity index (χ3n) is 1.95. The molecule has 0 aromatic rings. The Bertz CT molecular complexity index is 166. The van der Waals surface area contributed by atoms with E-state index >= 15 is 0 Å². The molecule has 0 unspecified atom stereocenters. The van der Waals surface area contributed by atoms with Gasteiger partial charge in [-0.3, -0.25) is 4.79 Å². The highest BCUT2D eigenvalue weighted by Gasteiger charge is 2.05. The zero-order valence-electron chi connectivity index (χ0n) is 7.66. The van der Waals surface area contributed by atoms with Crippen LogP contribution in [0.1, 0.15) is 26.7 Å². The number of carbonyl (C=O) groups is 1. The zero-order chi connectivity index (χ0) is 9.56. The minimum Gasteiger partial charge on any atom is -0.481 e. The summed E-state index contributed by atoms with van der Waals surface area (Å²) in [5.41, 5.74) is 5.73. The van der Waals surface area contributed by atoms with Crippen LogP contribution in [0.3, 0.4) is 0 Å². The fourth-order valence-electron chi connectivity index (χ4n) is 0.788. The van der Waals surface area contributed by atoms with Crippen LogP contribution in [0, 0.1) is 5.92 Å². The first-order valence-electron chi connectivity index (χ1n) is 4.22. The Morgan fingerprint density at radius 1 is 1.67 bits per heavy atom. The van der Waals surface area contributed by atoms with Crippen molar-refractivity contribution in [3.05, 3.63) is 12.2 Å². The van der Waals surface area contributed by atoms with E-state index in [1.165, 1.54) is 0 Å². The lowest BCUT2D eigenvalue weighted by Crippen LogP contribution is -2.25. The molecule has 0 aliphatic rings. The van der Waals surface area contributed by atoms with Crippen LogP contribution in [0.25, 0.3) is 0 Å². The summed E-state index contributed by atoms with van der Waals surface area (Å²) in [5.74, 6) is -0.405. The number of carboxylic acids is 1. The quantitative estimate of drug-likeness (QED) is 0.614. The molecule has 0 aliphatic carbocycles. The molecule has 0 radical (unpaired) electrons. The molecule has 12 heavy (non-hydrogen) atoms. The second kappa shape index (κ2) is 5.77. The van der Waals surface area contributed by atoms with E-state index in [4.69, 9.17) is 10.8 Å². The van der Waals surface area contributed by atoms with Crippen molar-refractivity contribution >= 4 is 5.97 Å². The largest absolute Gasteiger partial charge is 0.481 e. The van der Waals surface area contributed by atoms with Gasteiger partial charge in [0.15, 0.2) is 0 Å². The predicted molar refractivity (Wildman–Crippen MR) is 48.8 cm³/mol. The Kier molecular flexibility index (Phi) is 5.37. The number of aliphatic carboxylic acids is 1. The molecule has 0 saturated carbocycles. The number of rotatable bonds is 5. The van der Waals surface area contributed by atoms with Crippen LogP contribution in [0.5, 0.6) is 0 Å². The molecular formula is C9H17NO2. The minimum atomic E-state index is -0.817. The Labute approximate surface area is 73.3 Å². The standard InChI is InChI=1S/C9H17NO2/c1-3-7(2)8(10)5-4-6-9(11)12/h4-5,7-8H,3,6,10H2,1-2H3,(H,11,12)/b5-4-/t7-,8+/m0/s1. The number of nitrogens with two attached hydrogens (primary N) is 1. The van der Waals surface area contributed by atoms with Gasteiger partial charge < -0.3 is 10.8 Å². The monoisotopic (exact) mass is 171 g/mol. The van der Waals surface area contributed by atoms with Crippen LogP contribution in [0.2, 0.25) is 0 Å². The van der Waals surface area contributed by atoms with Gasteiger partial charge in [-0.15, -0.1) is 0 Å². The van der Waals surface area contributed by atoms with Crippen molar-refractivity contribution in [2.75, 3.05) is 0 Å². The van der Waals surface area contributed by atoms with Gasteiger partial charge in [-0.25, -0.2) is 0 Å². The highest BCUT2D eigenvalue weighted by atomic mass is 16.4. The van der Waals surface area contributed by atoms with Crippen LogP contribution in [-0.2, 0) is 4.79 Å². The maximum atomic E-state index is 10.1. The van der Waals surface area contributed by atoms with Crippen molar-refractivity contribution in [1.82, 2.24) is 0 Å². The Morgan fingerprint density at radius 2 is 2.25 bits per heavy atom. The fourth-order valence-corrected chi connectivity index (χ4v) is 0.788. The maximum Gasteiger partial charge on any atom is 0.307 e. The smallest absolute Gasteiger partial charge is 0.307 e. The van der Waals surface area contributed by atoms with E-state index in [9.17, 15) is 4.79 Å². The first kappa shape index (κ1) is 11.2. The van der Waals surface area contributed by atoms with Gasteiger partial charge in [0.2, 0.25) is 0 Å². The molecule has 0 heterocycles. The van der Waals surface area contributed by atoms with E-state index in [0.29, 0.717) is 5.92 Å². The van der Waals surface area contributed by atoms with E-state index in [-0.39, 0.29) is 12.5 Å². The summed E-state index contributed by atoms with van der Waals surface area (Å²) in [4.78, 5) is 10.1. The second-order valence-corrected chi connectivity index (χ2v) is 2.99. The zero-order valence-corrected chi connectivity index (χ0v) is 7.66.